The first-order chi connectivity index (χ1) is 9.63. The summed E-state index contributed by atoms with van der Waals surface area (Å²) in [6.07, 6.45) is 4.22. The van der Waals surface area contributed by atoms with E-state index in [-0.39, 0.29) is 11.9 Å². The molecule has 0 heterocycles. The Kier molecular flexibility index (Phi) is 7.02. The molecule has 2 unspecified atom stereocenters. The van der Waals surface area contributed by atoms with Crippen molar-refractivity contribution in [2.24, 2.45) is 11.7 Å². The van der Waals surface area contributed by atoms with E-state index in [0.717, 1.165) is 18.4 Å². The summed E-state index contributed by atoms with van der Waals surface area (Å²) >= 11 is 0. The van der Waals surface area contributed by atoms with Crippen LogP contribution in [0.4, 0.5) is 0 Å². The lowest BCUT2D eigenvalue weighted by Gasteiger charge is -2.28. The molecule has 1 aromatic carbocycles. The lowest BCUT2D eigenvalue weighted by atomic mass is 9.88. The number of benzene rings is 1. The predicted molar refractivity (Wildman–Crippen MR) is 84.2 cm³/mol. The van der Waals surface area contributed by atoms with E-state index in [9.17, 15) is 4.79 Å². The lowest BCUT2D eigenvalue weighted by Crippen LogP contribution is -2.43. The summed E-state index contributed by atoms with van der Waals surface area (Å²) in [6, 6.07) is 9.60. The molecule has 0 aliphatic heterocycles. The van der Waals surface area contributed by atoms with Crippen LogP contribution in [-0.2, 0) is 4.79 Å². The molecule has 0 aliphatic carbocycles. The van der Waals surface area contributed by atoms with Gasteiger partial charge in [-0.2, -0.15) is 0 Å². The highest BCUT2D eigenvalue weighted by molar-refractivity contribution is 5.82. The molecule has 3 N–H and O–H groups in total. The topological polar surface area (TPSA) is 55.1 Å². The molecule has 0 fully saturated rings. The summed E-state index contributed by atoms with van der Waals surface area (Å²) in [5.74, 6) is 0.308. The smallest absolute Gasteiger partial charge is 0.237 e. The second-order valence-electron chi connectivity index (χ2n) is 5.10. The van der Waals surface area contributed by atoms with Crippen LogP contribution in [0.3, 0.4) is 0 Å². The molecule has 0 spiro atoms. The normalized spacial score (nSPS) is 13.8. The average molecular weight is 274 g/mol. The standard InChI is InChI=1S/C17H26N2O/c1-4-10-15(18)17(20)19-16(13(5-2)6-3)14-11-8-7-9-12-14/h4,7-9,11-13,15-16H,1,5-6,10,18H2,2-3H3,(H,19,20). The number of hydrogen-bond acceptors (Lipinski definition) is 2. The molecule has 0 bridgehead atoms. The zero-order valence-corrected chi connectivity index (χ0v) is 12.5. The molecule has 1 amide bonds. The number of carbonyl (C=O) groups is 1. The minimum Gasteiger partial charge on any atom is -0.348 e. The second-order valence-corrected chi connectivity index (χ2v) is 5.10. The van der Waals surface area contributed by atoms with Crippen LogP contribution in [0.2, 0.25) is 0 Å². The van der Waals surface area contributed by atoms with Crippen molar-refractivity contribution in [3.63, 3.8) is 0 Å². The third kappa shape index (κ3) is 4.49. The zero-order valence-electron chi connectivity index (χ0n) is 12.5. The van der Waals surface area contributed by atoms with Gasteiger partial charge in [0, 0.05) is 0 Å². The summed E-state index contributed by atoms with van der Waals surface area (Å²) < 4.78 is 0. The van der Waals surface area contributed by atoms with E-state index in [1.165, 1.54) is 0 Å². The average Bonchev–Trinajstić information content (AvgIpc) is 2.48. The molecular weight excluding hydrogens is 248 g/mol. The maximum Gasteiger partial charge on any atom is 0.237 e. The Balaban J connectivity index is 2.89. The van der Waals surface area contributed by atoms with E-state index in [4.69, 9.17) is 5.73 Å². The van der Waals surface area contributed by atoms with Crippen molar-refractivity contribution in [2.45, 2.75) is 45.2 Å². The number of nitrogens with two attached hydrogens (primary N) is 1. The molecular formula is C17H26N2O. The fraction of sp³-hybridized carbons (Fsp3) is 0.471. The van der Waals surface area contributed by atoms with Crippen LogP contribution >= 0.6 is 0 Å². The Morgan fingerprint density at radius 2 is 1.90 bits per heavy atom. The fourth-order valence-corrected chi connectivity index (χ4v) is 2.44. The van der Waals surface area contributed by atoms with Crippen LogP contribution in [0.5, 0.6) is 0 Å². The Bertz CT molecular complexity index is 412. The Morgan fingerprint density at radius 3 is 2.40 bits per heavy atom. The van der Waals surface area contributed by atoms with Crippen LogP contribution in [0.25, 0.3) is 0 Å². The summed E-state index contributed by atoms with van der Waals surface area (Å²) in [6.45, 7) is 7.93. The van der Waals surface area contributed by atoms with Gasteiger partial charge >= 0.3 is 0 Å². The van der Waals surface area contributed by atoms with Gasteiger partial charge in [0.15, 0.2) is 0 Å². The van der Waals surface area contributed by atoms with E-state index in [2.05, 4.69) is 37.9 Å². The molecule has 0 radical (unpaired) electrons. The van der Waals surface area contributed by atoms with Crippen LogP contribution in [-0.4, -0.2) is 11.9 Å². The highest BCUT2D eigenvalue weighted by Gasteiger charge is 2.24. The monoisotopic (exact) mass is 274 g/mol. The molecule has 0 saturated heterocycles. The second kappa shape index (κ2) is 8.54. The molecule has 1 aromatic rings. The van der Waals surface area contributed by atoms with Crippen molar-refractivity contribution in [1.29, 1.82) is 0 Å². The molecule has 0 aliphatic rings. The third-order valence-electron chi connectivity index (χ3n) is 3.73. The van der Waals surface area contributed by atoms with Gasteiger partial charge in [0.2, 0.25) is 5.91 Å². The summed E-state index contributed by atoms with van der Waals surface area (Å²) in [5.41, 5.74) is 6.99. The van der Waals surface area contributed by atoms with Gasteiger partial charge in [-0.25, -0.2) is 0 Å². The SMILES string of the molecule is C=CCC(N)C(=O)NC(c1ccccc1)C(CC)CC. The summed E-state index contributed by atoms with van der Waals surface area (Å²) in [5, 5.41) is 3.11. The maximum absolute atomic E-state index is 12.2. The fourth-order valence-electron chi connectivity index (χ4n) is 2.44. The number of amides is 1. The first kappa shape index (κ1) is 16.4. The minimum atomic E-state index is -0.520. The molecule has 0 saturated carbocycles. The van der Waals surface area contributed by atoms with Crippen LogP contribution in [0.15, 0.2) is 43.0 Å². The molecule has 3 nitrogen and oxygen atoms in total. The molecule has 2 atom stereocenters. The Labute approximate surface area is 122 Å². The van der Waals surface area contributed by atoms with Gasteiger partial charge in [0.1, 0.15) is 0 Å². The van der Waals surface area contributed by atoms with Gasteiger partial charge in [-0.15, -0.1) is 6.58 Å². The quantitative estimate of drug-likeness (QED) is 0.715. The van der Waals surface area contributed by atoms with Gasteiger partial charge in [0.25, 0.3) is 0 Å². The molecule has 0 aromatic heterocycles. The van der Waals surface area contributed by atoms with Crippen molar-refractivity contribution < 1.29 is 4.79 Å². The van der Waals surface area contributed by atoms with Crippen molar-refractivity contribution in [3.05, 3.63) is 48.6 Å². The van der Waals surface area contributed by atoms with Crippen LogP contribution in [0, 0.1) is 5.92 Å². The number of carbonyl (C=O) groups excluding carboxylic acids is 1. The van der Waals surface area contributed by atoms with Crippen molar-refractivity contribution >= 4 is 5.91 Å². The first-order valence-corrected chi connectivity index (χ1v) is 7.35. The van der Waals surface area contributed by atoms with Crippen LogP contribution in [0.1, 0.15) is 44.7 Å². The van der Waals surface area contributed by atoms with E-state index >= 15 is 0 Å². The van der Waals surface area contributed by atoms with Crippen molar-refractivity contribution in [3.8, 4) is 0 Å². The summed E-state index contributed by atoms with van der Waals surface area (Å²) in [7, 11) is 0. The lowest BCUT2D eigenvalue weighted by molar-refractivity contribution is -0.123. The minimum absolute atomic E-state index is 0.0227. The largest absolute Gasteiger partial charge is 0.348 e. The zero-order chi connectivity index (χ0) is 15.0. The molecule has 20 heavy (non-hydrogen) atoms. The van der Waals surface area contributed by atoms with E-state index in [1.54, 1.807) is 6.08 Å². The van der Waals surface area contributed by atoms with Crippen LogP contribution < -0.4 is 11.1 Å². The third-order valence-corrected chi connectivity index (χ3v) is 3.73. The molecule has 110 valence electrons. The maximum atomic E-state index is 12.2. The highest BCUT2D eigenvalue weighted by Crippen LogP contribution is 2.27. The van der Waals surface area contributed by atoms with Gasteiger partial charge in [0.05, 0.1) is 12.1 Å². The highest BCUT2D eigenvalue weighted by atomic mass is 16.2. The van der Waals surface area contributed by atoms with E-state index in [1.807, 2.05) is 18.2 Å². The number of nitrogens with one attached hydrogen (secondary N) is 1. The Hall–Kier alpha value is -1.61. The van der Waals surface area contributed by atoms with E-state index < -0.39 is 6.04 Å². The molecule has 1 rings (SSSR count). The number of rotatable bonds is 8. The van der Waals surface area contributed by atoms with Gasteiger partial charge in [-0.1, -0.05) is 63.1 Å². The Morgan fingerprint density at radius 1 is 1.30 bits per heavy atom. The number of hydrogen-bond donors (Lipinski definition) is 2. The van der Waals surface area contributed by atoms with E-state index in [0.29, 0.717) is 12.3 Å². The molecule has 3 heteroatoms. The first-order valence-electron chi connectivity index (χ1n) is 7.35. The van der Waals surface area contributed by atoms with Crippen molar-refractivity contribution in [1.82, 2.24) is 5.32 Å². The van der Waals surface area contributed by atoms with Gasteiger partial charge in [-0.3, -0.25) is 4.79 Å². The predicted octanol–water partition coefficient (Wildman–Crippen LogP) is 3.18. The summed E-state index contributed by atoms with van der Waals surface area (Å²) in [4.78, 5) is 12.2. The van der Waals surface area contributed by atoms with Gasteiger partial charge in [-0.05, 0) is 17.9 Å². The van der Waals surface area contributed by atoms with Crippen molar-refractivity contribution in [2.75, 3.05) is 0 Å². The van der Waals surface area contributed by atoms with Gasteiger partial charge < -0.3 is 11.1 Å².